The molecule has 3 heterocycles. The third-order valence-electron chi connectivity index (χ3n) is 6.31. The van der Waals surface area contributed by atoms with E-state index in [1.807, 2.05) is 0 Å². The average molecular weight is 509 g/mol. The molecule has 2 aromatic rings. The largest absolute Gasteiger partial charge is 0.459 e. The molecule has 2 N–H and O–H groups in total. The number of piperidine rings is 2. The number of halogens is 8. The van der Waals surface area contributed by atoms with Gasteiger partial charge in [0.15, 0.2) is 11.6 Å². The number of amides is 1. The van der Waals surface area contributed by atoms with Gasteiger partial charge in [0.1, 0.15) is 17.7 Å². The summed E-state index contributed by atoms with van der Waals surface area (Å²) < 4.78 is 108. The van der Waals surface area contributed by atoms with E-state index in [2.05, 4.69) is 9.97 Å². The van der Waals surface area contributed by atoms with Crippen molar-refractivity contribution in [2.24, 2.45) is 0 Å². The summed E-state index contributed by atoms with van der Waals surface area (Å²) in [6, 6.07) is 3.35. The molecule has 190 valence electrons. The van der Waals surface area contributed by atoms with Gasteiger partial charge in [-0.3, -0.25) is 4.79 Å². The zero-order valence-electron chi connectivity index (χ0n) is 17.9. The molecule has 1 aromatic carbocycles. The number of rotatable bonds is 3. The molecule has 2 aliphatic heterocycles. The standard InChI is InChI=1S/C21H19F8N5O/c22-11-7-17(35)34(12-1-2-13(23)14(24)8-12)19(10-11)3-5-33(6-4-19)16-9-15(31-18(30)32-16)20(25,26)21(27,28)29/h1-2,8-9,11H,3-7,10H2,(H2,30,31,32). The van der Waals surface area contributed by atoms with Gasteiger partial charge >= 0.3 is 12.1 Å². The number of hydrogen-bond acceptors (Lipinski definition) is 5. The Bertz CT molecular complexity index is 1130. The SMILES string of the molecule is Nc1nc(N2CCC3(CC2)CC(F)CC(=O)N3c2ccc(F)c(F)c2)cc(C(F)(F)C(F)(F)F)n1. The second kappa shape index (κ2) is 8.48. The van der Waals surface area contributed by atoms with Crippen LogP contribution in [-0.2, 0) is 10.7 Å². The van der Waals surface area contributed by atoms with Crippen LogP contribution in [0.5, 0.6) is 0 Å². The highest BCUT2D eigenvalue weighted by Crippen LogP contribution is 2.45. The summed E-state index contributed by atoms with van der Waals surface area (Å²) in [6.07, 6.45) is -7.87. The Morgan fingerprint density at radius 2 is 1.66 bits per heavy atom. The maximum Gasteiger partial charge on any atom is 0.459 e. The number of benzene rings is 1. The molecule has 1 amide bonds. The predicted molar refractivity (Wildman–Crippen MR) is 109 cm³/mol. The van der Waals surface area contributed by atoms with Gasteiger partial charge in [0.25, 0.3) is 0 Å². The van der Waals surface area contributed by atoms with Crippen molar-refractivity contribution in [1.29, 1.82) is 0 Å². The molecule has 35 heavy (non-hydrogen) atoms. The fraction of sp³-hybridized carbons (Fsp3) is 0.476. The van der Waals surface area contributed by atoms with Crippen molar-refractivity contribution >= 4 is 23.4 Å². The zero-order chi connectivity index (χ0) is 25.8. The first-order valence-corrected chi connectivity index (χ1v) is 10.5. The van der Waals surface area contributed by atoms with Crippen LogP contribution in [0.1, 0.15) is 31.4 Å². The van der Waals surface area contributed by atoms with Gasteiger partial charge in [-0.1, -0.05) is 0 Å². The second-order valence-electron chi connectivity index (χ2n) is 8.59. The molecule has 2 fully saturated rings. The molecular formula is C21H19F8N5O. The van der Waals surface area contributed by atoms with Gasteiger partial charge in [-0.15, -0.1) is 0 Å². The van der Waals surface area contributed by atoms with Crippen LogP contribution in [0, 0.1) is 11.6 Å². The van der Waals surface area contributed by atoms with Crippen LogP contribution in [0.15, 0.2) is 24.3 Å². The number of carbonyl (C=O) groups is 1. The lowest BCUT2D eigenvalue weighted by molar-refractivity contribution is -0.290. The van der Waals surface area contributed by atoms with Gasteiger partial charge in [0.2, 0.25) is 11.9 Å². The molecule has 0 saturated carbocycles. The van der Waals surface area contributed by atoms with Gasteiger partial charge in [-0.05, 0) is 25.0 Å². The Labute approximate surface area is 193 Å². The molecule has 0 aliphatic carbocycles. The van der Waals surface area contributed by atoms with Crippen LogP contribution in [0.4, 0.5) is 52.6 Å². The maximum absolute atomic E-state index is 14.4. The molecule has 14 heteroatoms. The summed E-state index contributed by atoms with van der Waals surface area (Å²) >= 11 is 0. The lowest BCUT2D eigenvalue weighted by Crippen LogP contribution is -2.62. The fourth-order valence-corrected chi connectivity index (χ4v) is 4.66. The Balaban J connectivity index is 1.63. The van der Waals surface area contributed by atoms with Gasteiger partial charge < -0.3 is 15.5 Å². The lowest BCUT2D eigenvalue weighted by atomic mass is 9.77. The van der Waals surface area contributed by atoms with E-state index < -0.39 is 59.4 Å². The van der Waals surface area contributed by atoms with Crippen molar-refractivity contribution in [2.45, 2.75) is 49.5 Å². The minimum atomic E-state index is -5.90. The van der Waals surface area contributed by atoms with Crippen LogP contribution in [0.3, 0.4) is 0 Å². The van der Waals surface area contributed by atoms with Crippen LogP contribution in [0.25, 0.3) is 0 Å². The molecule has 2 aliphatic rings. The molecule has 4 rings (SSSR count). The summed E-state index contributed by atoms with van der Waals surface area (Å²) in [5.74, 6) is -9.30. The molecule has 0 bridgehead atoms. The Morgan fingerprint density at radius 3 is 2.26 bits per heavy atom. The molecule has 1 aromatic heterocycles. The van der Waals surface area contributed by atoms with E-state index in [9.17, 15) is 39.9 Å². The number of hydrogen-bond donors (Lipinski definition) is 1. The van der Waals surface area contributed by atoms with Gasteiger partial charge in [-0.2, -0.15) is 26.9 Å². The van der Waals surface area contributed by atoms with Gasteiger partial charge in [0.05, 0.1) is 12.0 Å². The molecule has 6 nitrogen and oxygen atoms in total. The van der Waals surface area contributed by atoms with E-state index in [0.717, 1.165) is 12.1 Å². The van der Waals surface area contributed by atoms with Crippen LogP contribution in [-0.4, -0.2) is 46.9 Å². The molecule has 2 saturated heterocycles. The summed E-state index contributed by atoms with van der Waals surface area (Å²) in [7, 11) is 0. The molecular weight excluding hydrogens is 490 g/mol. The van der Waals surface area contributed by atoms with E-state index in [0.29, 0.717) is 6.07 Å². The van der Waals surface area contributed by atoms with Crippen molar-refractivity contribution in [1.82, 2.24) is 9.97 Å². The molecule has 0 radical (unpaired) electrons. The summed E-state index contributed by atoms with van der Waals surface area (Å²) in [5, 5.41) is 0. The normalized spacial score (nSPS) is 21.0. The first-order chi connectivity index (χ1) is 16.2. The second-order valence-corrected chi connectivity index (χ2v) is 8.59. The maximum atomic E-state index is 14.4. The highest BCUT2D eigenvalue weighted by atomic mass is 19.4. The smallest absolute Gasteiger partial charge is 0.368 e. The number of carbonyl (C=O) groups excluding carboxylic acids is 1. The Kier molecular flexibility index (Phi) is 6.04. The lowest BCUT2D eigenvalue weighted by Gasteiger charge is -2.52. The Hall–Kier alpha value is -3.19. The highest BCUT2D eigenvalue weighted by molar-refractivity contribution is 5.96. The summed E-state index contributed by atoms with van der Waals surface area (Å²) in [5.41, 5.74) is 2.66. The van der Waals surface area contributed by atoms with Crippen LogP contribution in [0.2, 0.25) is 0 Å². The number of alkyl halides is 6. The quantitative estimate of drug-likeness (QED) is 0.618. The molecule has 1 atom stereocenters. The van der Waals surface area contributed by atoms with E-state index in [1.54, 1.807) is 0 Å². The van der Waals surface area contributed by atoms with Gasteiger partial charge in [0, 0.05) is 37.3 Å². The number of anilines is 3. The van der Waals surface area contributed by atoms with E-state index in [4.69, 9.17) is 5.73 Å². The minimum Gasteiger partial charge on any atom is -0.368 e. The predicted octanol–water partition coefficient (Wildman–Crippen LogP) is 4.50. The number of nitrogens with zero attached hydrogens (tertiary/aromatic N) is 4. The van der Waals surface area contributed by atoms with Crippen LogP contribution < -0.4 is 15.5 Å². The minimum absolute atomic E-state index is 0.0202. The number of aromatic nitrogens is 2. The van der Waals surface area contributed by atoms with Crippen molar-refractivity contribution in [3.05, 3.63) is 41.6 Å². The van der Waals surface area contributed by atoms with Crippen molar-refractivity contribution in [2.75, 3.05) is 28.6 Å². The number of nitrogens with two attached hydrogens (primary N) is 1. The first-order valence-electron chi connectivity index (χ1n) is 10.5. The Morgan fingerprint density at radius 1 is 1.00 bits per heavy atom. The topological polar surface area (TPSA) is 75.3 Å². The molecule has 1 unspecified atom stereocenters. The zero-order valence-corrected chi connectivity index (χ0v) is 17.9. The number of nitrogen functional groups attached to an aromatic ring is 1. The summed E-state index contributed by atoms with van der Waals surface area (Å²) in [6.45, 7) is -0.0404. The fourth-order valence-electron chi connectivity index (χ4n) is 4.66. The highest BCUT2D eigenvalue weighted by Gasteiger charge is 2.60. The summed E-state index contributed by atoms with van der Waals surface area (Å²) in [4.78, 5) is 22.1. The van der Waals surface area contributed by atoms with Crippen LogP contribution >= 0.6 is 0 Å². The van der Waals surface area contributed by atoms with Crippen molar-refractivity contribution in [3.63, 3.8) is 0 Å². The van der Waals surface area contributed by atoms with Crippen molar-refractivity contribution < 1.29 is 39.9 Å². The third kappa shape index (κ3) is 4.45. The van der Waals surface area contributed by atoms with Gasteiger partial charge in [-0.25, -0.2) is 18.2 Å². The third-order valence-corrected chi connectivity index (χ3v) is 6.31. The van der Waals surface area contributed by atoms with E-state index in [-0.39, 0.29) is 43.9 Å². The van der Waals surface area contributed by atoms with E-state index in [1.165, 1.54) is 15.9 Å². The van der Waals surface area contributed by atoms with Crippen molar-refractivity contribution in [3.8, 4) is 0 Å². The average Bonchev–Trinajstić information content (AvgIpc) is 2.75. The monoisotopic (exact) mass is 509 g/mol. The first kappa shape index (κ1) is 24.9. The van der Waals surface area contributed by atoms with E-state index >= 15 is 0 Å². The molecule has 1 spiro atoms.